The average Bonchev–Trinajstić information content (AvgIpc) is 2.22. The van der Waals surface area contributed by atoms with Gasteiger partial charge in [0, 0.05) is 6.04 Å². The highest BCUT2D eigenvalue weighted by Crippen LogP contribution is 2.27. The van der Waals surface area contributed by atoms with Crippen LogP contribution in [-0.4, -0.2) is 6.54 Å². The second-order valence-electron chi connectivity index (χ2n) is 3.53. The maximum Gasteiger partial charge on any atom is 0.137 e. The molecule has 0 saturated heterocycles. The molecule has 1 aromatic rings. The monoisotopic (exact) mass is 274 g/mol. The largest absolute Gasteiger partial charge is 0.330 e. The maximum atomic E-state index is 13.2. The number of unbranched alkanes of at least 4 members (excludes halogenated alkanes) is 1. The summed E-state index contributed by atoms with van der Waals surface area (Å²) in [7, 11) is 0. The summed E-state index contributed by atoms with van der Waals surface area (Å²) >= 11 is 3.21. The molecule has 0 heterocycles. The highest BCUT2D eigenvalue weighted by atomic mass is 79.9. The van der Waals surface area contributed by atoms with Gasteiger partial charge in [0.25, 0.3) is 0 Å². The molecule has 0 aromatic heterocycles. The number of hydrogen-bond donors (Lipinski definition) is 2. The van der Waals surface area contributed by atoms with Crippen LogP contribution in [0.15, 0.2) is 22.7 Å². The van der Waals surface area contributed by atoms with Crippen molar-refractivity contribution in [2.75, 3.05) is 6.54 Å². The second-order valence-corrected chi connectivity index (χ2v) is 4.33. The van der Waals surface area contributed by atoms with Gasteiger partial charge in [-0.3, -0.25) is 0 Å². The molecule has 2 nitrogen and oxygen atoms in total. The minimum Gasteiger partial charge on any atom is -0.330 e. The quantitative estimate of drug-likeness (QED) is 0.812. The molecular weight excluding hydrogens is 259 g/mol. The van der Waals surface area contributed by atoms with E-state index in [-0.39, 0.29) is 11.9 Å². The molecule has 0 bridgehead atoms. The van der Waals surface area contributed by atoms with Crippen LogP contribution in [0, 0.1) is 5.82 Å². The molecule has 0 amide bonds. The van der Waals surface area contributed by atoms with E-state index in [0.29, 0.717) is 11.0 Å². The Labute approximate surface area is 98.0 Å². The molecule has 0 aliphatic heterocycles. The normalized spacial score (nSPS) is 12.8. The summed E-state index contributed by atoms with van der Waals surface area (Å²) < 4.78 is 13.7. The Bertz CT molecular complexity index is 317. The summed E-state index contributed by atoms with van der Waals surface area (Å²) in [4.78, 5) is 0. The van der Waals surface area contributed by atoms with Crippen molar-refractivity contribution >= 4 is 15.9 Å². The van der Waals surface area contributed by atoms with Gasteiger partial charge in [-0.1, -0.05) is 18.6 Å². The number of benzene rings is 1. The van der Waals surface area contributed by atoms with Crippen molar-refractivity contribution < 1.29 is 4.39 Å². The van der Waals surface area contributed by atoms with Gasteiger partial charge in [0.2, 0.25) is 0 Å². The van der Waals surface area contributed by atoms with Gasteiger partial charge in [-0.05, 0) is 46.9 Å². The summed E-state index contributed by atoms with van der Waals surface area (Å²) in [6.07, 6.45) is 2.76. The molecule has 84 valence electrons. The fourth-order valence-corrected chi connectivity index (χ4v) is 2.03. The highest BCUT2D eigenvalue weighted by Gasteiger charge is 2.11. The number of nitrogens with two attached hydrogens (primary N) is 2. The fraction of sp³-hybridized carbons (Fsp3) is 0.455. The lowest BCUT2D eigenvalue weighted by molar-refractivity contribution is 0.575. The molecule has 0 unspecified atom stereocenters. The minimum atomic E-state index is -0.262. The van der Waals surface area contributed by atoms with Crippen LogP contribution in [0.2, 0.25) is 0 Å². The predicted molar refractivity (Wildman–Crippen MR) is 63.9 cm³/mol. The van der Waals surface area contributed by atoms with E-state index in [2.05, 4.69) is 15.9 Å². The van der Waals surface area contributed by atoms with Gasteiger partial charge in [-0.25, -0.2) is 4.39 Å². The molecule has 4 heteroatoms. The Morgan fingerprint density at radius 3 is 2.73 bits per heavy atom. The first kappa shape index (κ1) is 12.6. The Kier molecular flexibility index (Phi) is 5.22. The molecule has 0 aliphatic rings. The van der Waals surface area contributed by atoms with E-state index in [1.165, 1.54) is 6.07 Å². The zero-order valence-electron chi connectivity index (χ0n) is 8.55. The van der Waals surface area contributed by atoms with Crippen molar-refractivity contribution in [2.24, 2.45) is 11.5 Å². The van der Waals surface area contributed by atoms with Gasteiger partial charge in [0.1, 0.15) is 5.82 Å². The molecule has 1 atom stereocenters. The zero-order valence-corrected chi connectivity index (χ0v) is 10.1. The predicted octanol–water partition coefficient (Wildman–Crippen LogP) is 2.72. The van der Waals surface area contributed by atoms with Crippen molar-refractivity contribution in [2.45, 2.75) is 25.3 Å². The lowest BCUT2D eigenvalue weighted by Gasteiger charge is -2.13. The number of rotatable bonds is 5. The van der Waals surface area contributed by atoms with Gasteiger partial charge in [-0.15, -0.1) is 0 Å². The lowest BCUT2D eigenvalue weighted by Crippen LogP contribution is -2.12. The topological polar surface area (TPSA) is 52.0 Å². The molecule has 1 aromatic carbocycles. The average molecular weight is 275 g/mol. The smallest absolute Gasteiger partial charge is 0.137 e. The molecule has 15 heavy (non-hydrogen) atoms. The van der Waals surface area contributed by atoms with Crippen molar-refractivity contribution in [3.63, 3.8) is 0 Å². The van der Waals surface area contributed by atoms with Gasteiger partial charge in [0.15, 0.2) is 0 Å². The number of hydrogen-bond acceptors (Lipinski definition) is 2. The van der Waals surface area contributed by atoms with E-state index in [1.807, 2.05) is 6.07 Å². The summed E-state index contributed by atoms with van der Waals surface area (Å²) in [6.45, 7) is 0.678. The molecular formula is C11H16BrFN2. The van der Waals surface area contributed by atoms with Crippen LogP contribution in [0.1, 0.15) is 30.9 Å². The Morgan fingerprint density at radius 1 is 1.33 bits per heavy atom. The third-order valence-corrected chi connectivity index (χ3v) is 3.19. The van der Waals surface area contributed by atoms with Gasteiger partial charge < -0.3 is 11.5 Å². The second kappa shape index (κ2) is 6.20. The Morgan fingerprint density at radius 2 is 2.07 bits per heavy atom. The molecule has 0 saturated carbocycles. The summed E-state index contributed by atoms with van der Waals surface area (Å²) in [5, 5.41) is 0. The molecule has 4 N–H and O–H groups in total. The van der Waals surface area contributed by atoms with E-state index in [4.69, 9.17) is 11.5 Å². The molecule has 0 radical (unpaired) electrons. The van der Waals surface area contributed by atoms with Gasteiger partial charge in [0.05, 0.1) is 4.47 Å². The third-order valence-electron chi connectivity index (χ3n) is 2.35. The molecule has 0 spiro atoms. The van der Waals surface area contributed by atoms with Crippen LogP contribution in [0.25, 0.3) is 0 Å². The van der Waals surface area contributed by atoms with Crippen molar-refractivity contribution in [1.82, 2.24) is 0 Å². The zero-order chi connectivity index (χ0) is 11.3. The van der Waals surface area contributed by atoms with Gasteiger partial charge >= 0.3 is 0 Å². The SMILES string of the molecule is NCCCC[C@H](N)c1cccc(F)c1Br. The van der Waals surface area contributed by atoms with Crippen LogP contribution in [0.4, 0.5) is 4.39 Å². The van der Waals surface area contributed by atoms with E-state index < -0.39 is 0 Å². The van der Waals surface area contributed by atoms with Crippen LogP contribution >= 0.6 is 15.9 Å². The van der Waals surface area contributed by atoms with Crippen LogP contribution in [0.3, 0.4) is 0 Å². The maximum absolute atomic E-state index is 13.2. The summed E-state index contributed by atoms with van der Waals surface area (Å²) in [6, 6.07) is 4.82. The third kappa shape index (κ3) is 3.55. The van der Waals surface area contributed by atoms with Crippen molar-refractivity contribution in [3.05, 3.63) is 34.1 Å². The Hall–Kier alpha value is -0.450. The summed E-state index contributed by atoms with van der Waals surface area (Å²) in [5.41, 5.74) is 12.2. The standard InChI is InChI=1S/C11H16BrFN2/c12-11-8(4-3-5-9(11)13)10(15)6-1-2-7-14/h3-5,10H,1-2,6-7,14-15H2/t10-/m0/s1. The molecule has 0 aliphatic carbocycles. The van der Waals surface area contributed by atoms with E-state index in [0.717, 1.165) is 24.8 Å². The fourth-order valence-electron chi connectivity index (χ4n) is 1.47. The van der Waals surface area contributed by atoms with Crippen molar-refractivity contribution in [3.8, 4) is 0 Å². The first-order valence-corrected chi connectivity index (χ1v) is 5.85. The van der Waals surface area contributed by atoms with E-state index in [9.17, 15) is 4.39 Å². The minimum absolute atomic E-state index is 0.123. The number of halogens is 2. The van der Waals surface area contributed by atoms with Gasteiger partial charge in [-0.2, -0.15) is 0 Å². The van der Waals surface area contributed by atoms with E-state index in [1.54, 1.807) is 6.07 Å². The lowest BCUT2D eigenvalue weighted by atomic mass is 10.0. The highest BCUT2D eigenvalue weighted by molar-refractivity contribution is 9.10. The first-order chi connectivity index (χ1) is 7.16. The molecule has 1 rings (SSSR count). The van der Waals surface area contributed by atoms with Crippen LogP contribution in [-0.2, 0) is 0 Å². The van der Waals surface area contributed by atoms with Crippen LogP contribution in [0.5, 0.6) is 0 Å². The molecule has 0 fully saturated rings. The van der Waals surface area contributed by atoms with Crippen molar-refractivity contribution in [1.29, 1.82) is 0 Å². The van der Waals surface area contributed by atoms with E-state index >= 15 is 0 Å². The summed E-state index contributed by atoms with van der Waals surface area (Å²) in [5.74, 6) is -0.262. The first-order valence-electron chi connectivity index (χ1n) is 5.06. The van der Waals surface area contributed by atoms with Crippen LogP contribution < -0.4 is 11.5 Å². The Balaban J connectivity index is 2.65.